The summed E-state index contributed by atoms with van der Waals surface area (Å²) in [5.41, 5.74) is -1.06. The summed E-state index contributed by atoms with van der Waals surface area (Å²) in [4.78, 5) is 13.4. The van der Waals surface area contributed by atoms with E-state index in [1.807, 2.05) is 0 Å². The zero-order valence-corrected chi connectivity index (χ0v) is 22.5. The third kappa shape index (κ3) is 5.93. The molecule has 0 aliphatic carbocycles. The Bertz CT molecular complexity index is 1580. The quantitative estimate of drug-likeness (QED) is 0.402. The summed E-state index contributed by atoms with van der Waals surface area (Å²) in [5, 5.41) is 19.5. The van der Waals surface area contributed by atoms with E-state index in [-0.39, 0.29) is 23.2 Å². The number of hydrogen-bond acceptors (Lipinski definition) is 7. The number of rotatable bonds is 7. The number of alkyl halides is 3. The molecule has 0 spiro atoms. The molecule has 0 amide bonds. The summed E-state index contributed by atoms with van der Waals surface area (Å²) >= 11 is 0. The fourth-order valence-corrected chi connectivity index (χ4v) is 5.69. The van der Waals surface area contributed by atoms with E-state index >= 15 is 0 Å². The molecule has 0 bridgehead atoms. The van der Waals surface area contributed by atoms with Gasteiger partial charge in [-0.15, -0.1) is 0 Å². The van der Waals surface area contributed by atoms with Crippen molar-refractivity contribution in [3.05, 3.63) is 82.5 Å². The number of hydrogen-bond donors (Lipinski definition) is 2. The number of nitrogens with zero attached hydrogens (tertiary/aromatic N) is 5. The van der Waals surface area contributed by atoms with Crippen LogP contribution in [0, 0.1) is 23.0 Å². The minimum absolute atomic E-state index is 0.118. The average molecular weight is 598 g/mol. The molecule has 3 aromatic rings. The average Bonchev–Trinajstić information content (AvgIpc) is 3.30. The van der Waals surface area contributed by atoms with Crippen LogP contribution in [-0.2, 0) is 16.8 Å². The van der Waals surface area contributed by atoms with Crippen LogP contribution in [0.1, 0.15) is 33.2 Å². The van der Waals surface area contributed by atoms with Crippen molar-refractivity contribution in [3.8, 4) is 6.07 Å². The molecule has 2 heterocycles. The van der Waals surface area contributed by atoms with Gasteiger partial charge in [0.2, 0.25) is 0 Å². The van der Waals surface area contributed by atoms with E-state index in [0.29, 0.717) is 14.6 Å². The molecule has 2 atom stereocenters. The van der Waals surface area contributed by atoms with Gasteiger partial charge in [0.25, 0.3) is 16.1 Å². The highest BCUT2D eigenvalue weighted by Crippen LogP contribution is 2.40. The lowest BCUT2D eigenvalue weighted by molar-refractivity contribution is -0.185. The van der Waals surface area contributed by atoms with E-state index in [0.717, 1.165) is 38.4 Å². The molecule has 10 nitrogen and oxygen atoms in total. The van der Waals surface area contributed by atoms with E-state index in [9.17, 15) is 40.4 Å². The Morgan fingerprint density at radius 1 is 1.17 bits per heavy atom. The third-order valence-corrected chi connectivity index (χ3v) is 8.33. The Morgan fingerprint density at radius 2 is 1.83 bits per heavy atom. The minimum Gasteiger partial charge on any atom is -0.365 e. The van der Waals surface area contributed by atoms with Crippen LogP contribution in [0.4, 0.5) is 27.8 Å². The smallest absolute Gasteiger partial charge is 0.365 e. The fourth-order valence-electron chi connectivity index (χ4n) is 4.42. The lowest BCUT2D eigenvalue weighted by atomic mass is 9.99. The predicted molar refractivity (Wildman–Crippen MR) is 137 cm³/mol. The van der Waals surface area contributed by atoms with Gasteiger partial charge in [0.15, 0.2) is 5.82 Å². The van der Waals surface area contributed by atoms with Gasteiger partial charge in [-0.1, -0.05) is 24.3 Å². The van der Waals surface area contributed by atoms with Gasteiger partial charge in [-0.05, 0) is 29.8 Å². The van der Waals surface area contributed by atoms with Crippen LogP contribution in [0.3, 0.4) is 0 Å². The second-order valence-electron chi connectivity index (χ2n) is 9.22. The highest BCUT2D eigenvalue weighted by molar-refractivity contribution is 7.86. The molecule has 0 saturated carbocycles. The van der Waals surface area contributed by atoms with Crippen LogP contribution in [0.5, 0.6) is 0 Å². The standard InChI is InChI=1S/C25H24F5N7O3S/c1-35(2)41(39,40)36-12-11-32-21(22(36)25(28,29)30)20-18(13-31)23(33-14-15-7-9-16(26)10-8-15)37(34-20)24(38)17-5-3-4-6-19(17)27/h3-10,21-22,32-33H,11-12,14H2,1-2H3. The Kier molecular flexibility index (Phi) is 8.45. The zero-order valence-electron chi connectivity index (χ0n) is 21.7. The molecule has 1 saturated heterocycles. The molecule has 0 radical (unpaired) electrons. The van der Waals surface area contributed by atoms with Crippen molar-refractivity contribution in [2.45, 2.75) is 24.8 Å². The summed E-state index contributed by atoms with van der Waals surface area (Å²) in [6.07, 6.45) is -5.13. The van der Waals surface area contributed by atoms with E-state index in [2.05, 4.69) is 15.7 Å². The number of anilines is 1. The molecule has 4 rings (SSSR count). The maximum absolute atomic E-state index is 14.5. The number of benzene rings is 2. The number of halogens is 5. The minimum atomic E-state index is -5.13. The second kappa shape index (κ2) is 11.5. The van der Waals surface area contributed by atoms with Gasteiger partial charge in [0, 0.05) is 33.7 Å². The third-order valence-electron chi connectivity index (χ3n) is 6.40. The van der Waals surface area contributed by atoms with Crippen molar-refractivity contribution in [1.82, 2.24) is 23.7 Å². The monoisotopic (exact) mass is 597 g/mol. The number of carbonyl (C=O) groups is 1. The van der Waals surface area contributed by atoms with E-state index in [1.54, 1.807) is 6.07 Å². The van der Waals surface area contributed by atoms with E-state index < -0.39 is 69.4 Å². The molecule has 2 aromatic carbocycles. The molecule has 1 aliphatic rings. The lowest BCUT2D eigenvalue weighted by Gasteiger charge is -2.41. The fraction of sp³-hybridized carbons (Fsp3) is 0.320. The van der Waals surface area contributed by atoms with Gasteiger partial charge in [-0.3, -0.25) is 4.79 Å². The van der Waals surface area contributed by atoms with Gasteiger partial charge in [0.05, 0.1) is 11.6 Å². The maximum atomic E-state index is 14.5. The molecule has 218 valence electrons. The molecule has 41 heavy (non-hydrogen) atoms. The summed E-state index contributed by atoms with van der Waals surface area (Å²) in [6, 6.07) is 7.11. The molecule has 2 unspecified atom stereocenters. The highest BCUT2D eigenvalue weighted by atomic mass is 32.2. The van der Waals surface area contributed by atoms with Crippen molar-refractivity contribution < 1.29 is 35.2 Å². The molecule has 2 N–H and O–H groups in total. The van der Waals surface area contributed by atoms with Crippen molar-refractivity contribution in [2.75, 3.05) is 32.5 Å². The molecular weight excluding hydrogens is 573 g/mol. The second-order valence-corrected chi connectivity index (χ2v) is 11.3. The SMILES string of the molecule is CN(C)S(=O)(=O)N1CCNC(c2nn(C(=O)c3ccccc3F)c(NCc3ccc(F)cc3)c2C#N)C1C(F)(F)F. The first-order valence-electron chi connectivity index (χ1n) is 12.1. The van der Waals surface area contributed by atoms with Crippen molar-refractivity contribution in [1.29, 1.82) is 5.26 Å². The summed E-state index contributed by atoms with van der Waals surface area (Å²) in [6.45, 7) is -0.887. The lowest BCUT2D eigenvalue weighted by Crippen LogP contribution is -2.62. The van der Waals surface area contributed by atoms with Gasteiger partial charge < -0.3 is 10.6 Å². The molecule has 1 fully saturated rings. The van der Waals surface area contributed by atoms with E-state index in [4.69, 9.17) is 0 Å². The Hall–Kier alpha value is -3.91. The largest absolute Gasteiger partial charge is 0.407 e. The predicted octanol–water partition coefficient (Wildman–Crippen LogP) is 3.02. The normalized spacial score (nSPS) is 18.3. The Morgan fingerprint density at radius 3 is 2.41 bits per heavy atom. The summed E-state index contributed by atoms with van der Waals surface area (Å²) in [5.74, 6) is -2.91. The first-order valence-corrected chi connectivity index (χ1v) is 13.5. The Balaban J connectivity index is 1.88. The first-order chi connectivity index (χ1) is 19.3. The Labute approximate surface area is 232 Å². The first kappa shape index (κ1) is 30.1. The van der Waals surface area contributed by atoms with E-state index in [1.165, 1.54) is 24.3 Å². The van der Waals surface area contributed by atoms with Crippen molar-refractivity contribution in [3.63, 3.8) is 0 Å². The highest BCUT2D eigenvalue weighted by Gasteiger charge is 2.56. The number of piperazine rings is 1. The number of nitriles is 1. The van der Waals surface area contributed by atoms with Gasteiger partial charge in [0.1, 0.15) is 35.0 Å². The van der Waals surface area contributed by atoms with Crippen LogP contribution < -0.4 is 10.6 Å². The number of carbonyl (C=O) groups excluding carboxylic acids is 1. The number of nitrogens with one attached hydrogen (secondary N) is 2. The van der Waals surface area contributed by atoms with Gasteiger partial charge >= 0.3 is 6.18 Å². The zero-order chi connectivity index (χ0) is 30.1. The van der Waals surface area contributed by atoms with Crippen LogP contribution >= 0.6 is 0 Å². The number of aromatic nitrogens is 2. The molecule has 16 heteroatoms. The van der Waals surface area contributed by atoms with Gasteiger partial charge in [-0.2, -0.15) is 45.2 Å². The van der Waals surface area contributed by atoms with Gasteiger partial charge in [-0.25, -0.2) is 8.78 Å². The van der Waals surface area contributed by atoms with Crippen molar-refractivity contribution in [2.24, 2.45) is 0 Å². The topological polar surface area (TPSA) is 123 Å². The van der Waals surface area contributed by atoms with Crippen molar-refractivity contribution >= 4 is 21.9 Å². The van der Waals surface area contributed by atoms with Crippen LogP contribution in [0.15, 0.2) is 48.5 Å². The molecular formula is C25H24F5N7O3S. The maximum Gasteiger partial charge on any atom is 0.407 e. The molecule has 1 aliphatic heterocycles. The molecule has 1 aromatic heterocycles. The van der Waals surface area contributed by atoms with Crippen LogP contribution in [-0.4, -0.2) is 72.1 Å². The van der Waals surface area contributed by atoms with Crippen LogP contribution in [0.25, 0.3) is 0 Å². The van der Waals surface area contributed by atoms with Crippen LogP contribution in [0.2, 0.25) is 0 Å². The summed E-state index contributed by atoms with van der Waals surface area (Å²) in [7, 11) is -2.42. The summed E-state index contributed by atoms with van der Waals surface area (Å²) < 4.78 is 98.6.